The van der Waals surface area contributed by atoms with Gasteiger partial charge in [-0.3, -0.25) is 0 Å². The molecule has 1 saturated carbocycles. The van der Waals surface area contributed by atoms with Crippen molar-refractivity contribution in [2.45, 2.75) is 45.1 Å². The first-order chi connectivity index (χ1) is 5.77. The van der Waals surface area contributed by atoms with E-state index in [1.807, 2.05) is 0 Å². The molecule has 70 valence electrons. The summed E-state index contributed by atoms with van der Waals surface area (Å²) in [5.41, 5.74) is 0. The van der Waals surface area contributed by atoms with Gasteiger partial charge >= 0.3 is 0 Å². The maximum atomic E-state index is 2.51. The summed E-state index contributed by atoms with van der Waals surface area (Å²) >= 11 is 0. The second kappa shape index (κ2) is 3.37. The molecule has 2 aliphatic rings. The molecule has 0 aromatic carbocycles. The summed E-state index contributed by atoms with van der Waals surface area (Å²) in [6.45, 7) is 3.72. The van der Waals surface area contributed by atoms with Crippen molar-refractivity contribution in [2.24, 2.45) is 11.8 Å². The molecule has 1 heterocycles. The van der Waals surface area contributed by atoms with Crippen molar-refractivity contribution in [3.8, 4) is 0 Å². The second-order valence-corrected chi connectivity index (χ2v) is 4.81. The molecule has 2 fully saturated rings. The van der Waals surface area contributed by atoms with Crippen molar-refractivity contribution >= 4 is 0 Å². The van der Waals surface area contributed by atoms with Crippen LogP contribution in [-0.4, -0.2) is 24.5 Å². The Morgan fingerprint density at radius 2 is 1.83 bits per heavy atom. The molecule has 0 spiro atoms. The van der Waals surface area contributed by atoms with Crippen LogP contribution >= 0.6 is 0 Å². The van der Waals surface area contributed by atoms with Crippen LogP contribution in [0.1, 0.15) is 39.0 Å². The molecule has 0 aromatic heterocycles. The third-order valence-electron chi connectivity index (χ3n) is 4.07. The largest absolute Gasteiger partial charge is 0.304 e. The van der Waals surface area contributed by atoms with Crippen molar-refractivity contribution in [1.82, 2.24) is 4.90 Å². The molecule has 1 saturated heterocycles. The van der Waals surface area contributed by atoms with E-state index in [1.54, 1.807) is 0 Å². The summed E-state index contributed by atoms with van der Waals surface area (Å²) < 4.78 is 0. The zero-order valence-electron chi connectivity index (χ0n) is 8.42. The third kappa shape index (κ3) is 1.52. The molecular weight excluding hydrogens is 146 g/mol. The summed E-state index contributed by atoms with van der Waals surface area (Å²) in [5, 5.41) is 0. The molecule has 1 nitrogen and oxygen atoms in total. The molecule has 0 N–H and O–H groups in total. The van der Waals surface area contributed by atoms with Crippen molar-refractivity contribution in [2.75, 3.05) is 13.6 Å². The summed E-state index contributed by atoms with van der Waals surface area (Å²) in [6.07, 6.45) is 7.49. The molecule has 2 rings (SSSR count). The van der Waals surface area contributed by atoms with E-state index in [0.717, 1.165) is 17.9 Å². The van der Waals surface area contributed by atoms with Gasteiger partial charge in [-0.2, -0.15) is 0 Å². The van der Waals surface area contributed by atoms with Gasteiger partial charge in [0.05, 0.1) is 0 Å². The highest BCUT2D eigenvalue weighted by Crippen LogP contribution is 2.39. The average molecular weight is 167 g/mol. The van der Waals surface area contributed by atoms with Gasteiger partial charge in [-0.15, -0.1) is 0 Å². The molecule has 0 bridgehead atoms. The minimum absolute atomic E-state index is 0.837. The molecule has 0 amide bonds. The number of piperidine rings is 1. The van der Waals surface area contributed by atoms with E-state index < -0.39 is 0 Å². The molecule has 1 aliphatic carbocycles. The van der Waals surface area contributed by atoms with E-state index in [1.165, 1.54) is 38.6 Å². The maximum Gasteiger partial charge on any atom is 0.00666 e. The standard InChI is InChI=1S/C11H21N/c1-9-8-11(6-7-12(9)2)10-4-3-5-10/h9-11H,3-8H2,1-2H3/t9-,11+/m1/s1. The second-order valence-electron chi connectivity index (χ2n) is 4.81. The lowest BCUT2D eigenvalue weighted by atomic mass is 9.71. The smallest absolute Gasteiger partial charge is 0.00666 e. The van der Waals surface area contributed by atoms with Crippen molar-refractivity contribution in [1.29, 1.82) is 0 Å². The van der Waals surface area contributed by atoms with E-state index in [4.69, 9.17) is 0 Å². The highest BCUT2D eigenvalue weighted by atomic mass is 15.1. The Balaban J connectivity index is 1.84. The SMILES string of the molecule is C[C@@H]1C[C@@H](C2CCC2)CCN1C. The zero-order valence-corrected chi connectivity index (χ0v) is 8.42. The lowest BCUT2D eigenvalue weighted by molar-refractivity contribution is 0.0858. The Labute approximate surface area is 76.1 Å². The summed E-state index contributed by atoms with van der Waals surface area (Å²) in [4.78, 5) is 2.51. The van der Waals surface area contributed by atoms with Gasteiger partial charge in [0, 0.05) is 6.04 Å². The molecule has 0 aromatic rings. The topological polar surface area (TPSA) is 3.24 Å². The molecule has 12 heavy (non-hydrogen) atoms. The molecule has 1 aliphatic heterocycles. The molecule has 0 radical (unpaired) electrons. The Bertz CT molecular complexity index is 151. The Kier molecular flexibility index (Phi) is 2.40. The van der Waals surface area contributed by atoms with Crippen LogP contribution < -0.4 is 0 Å². The lowest BCUT2D eigenvalue weighted by Gasteiger charge is -2.42. The monoisotopic (exact) mass is 167 g/mol. The fraction of sp³-hybridized carbons (Fsp3) is 1.00. The highest BCUT2D eigenvalue weighted by molar-refractivity contribution is 4.84. The predicted molar refractivity (Wildman–Crippen MR) is 52.2 cm³/mol. The first kappa shape index (κ1) is 8.55. The van der Waals surface area contributed by atoms with Crippen LogP contribution in [0.5, 0.6) is 0 Å². The number of hydrogen-bond donors (Lipinski definition) is 0. The Morgan fingerprint density at radius 1 is 1.08 bits per heavy atom. The van der Waals surface area contributed by atoms with Crippen LogP contribution in [0.2, 0.25) is 0 Å². The number of hydrogen-bond acceptors (Lipinski definition) is 1. The normalized spacial score (nSPS) is 39.5. The first-order valence-corrected chi connectivity index (χ1v) is 5.47. The third-order valence-corrected chi connectivity index (χ3v) is 4.07. The van der Waals surface area contributed by atoms with E-state index in [-0.39, 0.29) is 0 Å². The van der Waals surface area contributed by atoms with E-state index in [2.05, 4.69) is 18.9 Å². The highest BCUT2D eigenvalue weighted by Gasteiger charge is 2.31. The van der Waals surface area contributed by atoms with Crippen LogP contribution in [0.15, 0.2) is 0 Å². The minimum atomic E-state index is 0.837. The zero-order chi connectivity index (χ0) is 8.55. The summed E-state index contributed by atoms with van der Waals surface area (Å²) in [5.74, 6) is 2.19. The van der Waals surface area contributed by atoms with Crippen LogP contribution in [-0.2, 0) is 0 Å². The minimum Gasteiger partial charge on any atom is -0.304 e. The van der Waals surface area contributed by atoms with Gasteiger partial charge in [-0.25, -0.2) is 0 Å². The summed E-state index contributed by atoms with van der Waals surface area (Å²) in [6, 6.07) is 0.837. The predicted octanol–water partition coefficient (Wildman–Crippen LogP) is 2.52. The first-order valence-electron chi connectivity index (χ1n) is 5.47. The summed E-state index contributed by atoms with van der Waals surface area (Å²) in [7, 11) is 2.27. The Morgan fingerprint density at radius 3 is 2.33 bits per heavy atom. The molecule has 1 heteroatoms. The van der Waals surface area contributed by atoms with E-state index >= 15 is 0 Å². The fourth-order valence-corrected chi connectivity index (χ4v) is 2.67. The number of likely N-dealkylation sites (tertiary alicyclic amines) is 1. The van der Waals surface area contributed by atoms with Crippen LogP contribution in [0.4, 0.5) is 0 Å². The van der Waals surface area contributed by atoms with Gasteiger partial charge < -0.3 is 4.90 Å². The van der Waals surface area contributed by atoms with Gasteiger partial charge in [-0.1, -0.05) is 19.3 Å². The average Bonchev–Trinajstić information content (AvgIpc) is 1.93. The van der Waals surface area contributed by atoms with Crippen molar-refractivity contribution in [3.63, 3.8) is 0 Å². The van der Waals surface area contributed by atoms with Gasteiger partial charge in [0.25, 0.3) is 0 Å². The van der Waals surface area contributed by atoms with Gasteiger partial charge in [0.15, 0.2) is 0 Å². The fourth-order valence-electron chi connectivity index (χ4n) is 2.67. The maximum absolute atomic E-state index is 2.51. The molecular formula is C11H21N. The van der Waals surface area contributed by atoms with E-state index in [9.17, 15) is 0 Å². The number of nitrogens with zero attached hydrogens (tertiary/aromatic N) is 1. The van der Waals surface area contributed by atoms with Crippen LogP contribution in [0, 0.1) is 11.8 Å². The Hall–Kier alpha value is -0.0400. The number of rotatable bonds is 1. The quantitative estimate of drug-likeness (QED) is 0.580. The molecule has 2 atom stereocenters. The van der Waals surface area contributed by atoms with Gasteiger partial charge in [0.2, 0.25) is 0 Å². The van der Waals surface area contributed by atoms with Crippen molar-refractivity contribution < 1.29 is 0 Å². The van der Waals surface area contributed by atoms with Crippen LogP contribution in [0.3, 0.4) is 0 Å². The van der Waals surface area contributed by atoms with E-state index in [0.29, 0.717) is 0 Å². The van der Waals surface area contributed by atoms with Gasteiger partial charge in [0.1, 0.15) is 0 Å². The molecule has 0 unspecified atom stereocenters. The lowest BCUT2D eigenvalue weighted by Crippen LogP contribution is -2.41. The van der Waals surface area contributed by atoms with Gasteiger partial charge in [-0.05, 0) is 45.2 Å². The van der Waals surface area contributed by atoms with Crippen LogP contribution in [0.25, 0.3) is 0 Å². The van der Waals surface area contributed by atoms with Crippen molar-refractivity contribution in [3.05, 3.63) is 0 Å².